The van der Waals surface area contributed by atoms with E-state index in [1.165, 1.54) is 64.2 Å². The second-order valence-electron chi connectivity index (χ2n) is 4.92. The third-order valence-electron chi connectivity index (χ3n) is 3.20. The second-order valence-corrected chi connectivity index (χ2v) is 4.92. The molecule has 0 aromatic heterocycles. The molecule has 0 aromatic carbocycles. The molecule has 0 saturated carbocycles. The van der Waals surface area contributed by atoms with Crippen molar-refractivity contribution < 1.29 is 9.84 Å². The van der Waals surface area contributed by atoms with Crippen molar-refractivity contribution in [3.05, 3.63) is 0 Å². The zero-order valence-electron chi connectivity index (χ0n) is 11.9. The van der Waals surface area contributed by atoms with Crippen LogP contribution in [-0.4, -0.2) is 24.4 Å². The fourth-order valence-electron chi connectivity index (χ4n) is 2.13. The fraction of sp³-hybridized carbons (Fsp3) is 1.00. The third kappa shape index (κ3) is 12.2. The zero-order chi connectivity index (χ0) is 12.8. The minimum atomic E-state index is 0.153. The maximum Gasteiger partial charge on any atom is 0.0701 e. The number of ether oxygens (including phenoxy) is 1. The smallest absolute Gasteiger partial charge is 0.0701 e. The SMILES string of the molecule is CCCCCCCC(CCCCC)OCCO. The lowest BCUT2D eigenvalue weighted by atomic mass is 10.0. The molecule has 17 heavy (non-hydrogen) atoms. The van der Waals surface area contributed by atoms with Crippen LogP contribution in [0, 0.1) is 0 Å². The molecular weight excluding hydrogens is 212 g/mol. The molecular formula is C15H32O2. The van der Waals surface area contributed by atoms with Gasteiger partial charge in [0.1, 0.15) is 0 Å². The monoisotopic (exact) mass is 244 g/mol. The molecule has 0 aliphatic carbocycles. The van der Waals surface area contributed by atoms with Gasteiger partial charge in [-0.25, -0.2) is 0 Å². The van der Waals surface area contributed by atoms with Crippen molar-refractivity contribution in [1.82, 2.24) is 0 Å². The van der Waals surface area contributed by atoms with Crippen molar-refractivity contribution in [1.29, 1.82) is 0 Å². The number of hydrogen-bond donors (Lipinski definition) is 1. The molecule has 0 rings (SSSR count). The lowest BCUT2D eigenvalue weighted by Gasteiger charge is -2.17. The van der Waals surface area contributed by atoms with Crippen LogP contribution in [0.5, 0.6) is 0 Å². The van der Waals surface area contributed by atoms with Crippen LogP contribution in [0.25, 0.3) is 0 Å². The molecule has 2 heteroatoms. The first-order chi connectivity index (χ1) is 8.35. The summed E-state index contributed by atoms with van der Waals surface area (Å²) in [6, 6.07) is 0. The van der Waals surface area contributed by atoms with Crippen LogP contribution in [0.1, 0.15) is 78.1 Å². The highest BCUT2D eigenvalue weighted by Gasteiger charge is 2.08. The van der Waals surface area contributed by atoms with Crippen molar-refractivity contribution in [2.45, 2.75) is 84.2 Å². The molecule has 0 bridgehead atoms. The topological polar surface area (TPSA) is 29.5 Å². The van der Waals surface area contributed by atoms with Crippen LogP contribution in [0.15, 0.2) is 0 Å². The largest absolute Gasteiger partial charge is 0.394 e. The van der Waals surface area contributed by atoms with Crippen LogP contribution in [0.2, 0.25) is 0 Å². The van der Waals surface area contributed by atoms with Crippen molar-refractivity contribution >= 4 is 0 Å². The Morgan fingerprint density at radius 1 is 0.824 bits per heavy atom. The van der Waals surface area contributed by atoms with E-state index in [9.17, 15) is 0 Å². The van der Waals surface area contributed by atoms with Gasteiger partial charge in [-0.3, -0.25) is 0 Å². The summed E-state index contributed by atoms with van der Waals surface area (Å²) in [4.78, 5) is 0. The quantitative estimate of drug-likeness (QED) is 0.489. The third-order valence-corrected chi connectivity index (χ3v) is 3.20. The molecule has 104 valence electrons. The Kier molecular flexibility index (Phi) is 13.9. The van der Waals surface area contributed by atoms with Gasteiger partial charge in [0, 0.05) is 0 Å². The summed E-state index contributed by atoms with van der Waals surface area (Å²) in [7, 11) is 0. The summed E-state index contributed by atoms with van der Waals surface area (Å²) in [5.74, 6) is 0. The lowest BCUT2D eigenvalue weighted by Crippen LogP contribution is -2.15. The average molecular weight is 244 g/mol. The Labute approximate surface area is 108 Å². The second kappa shape index (κ2) is 14.0. The Morgan fingerprint density at radius 3 is 1.94 bits per heavy atom. The molecule has 0 aromatic rings. The van der Waals surface area contributed by atoms with Gasteiger partial charge in [0.15, 0.2) is 0 Å². The maximum atomic E-state index is 8.80. The molecule has 1 atom stereocenters. The molecule has 1 unspecified atom stereocenters. The maximum absolute atomic E-state index is 8.80. The van der Waals surface area contributed by atoms with Crippen LogP contribution in [-0.2, 0) is 4.74 Å². The van der Waals surface area contributed by atoms with Crippen LogP contribution in [0.4, 0.5) is 0 Å². The summed E-state index contributed by atoms with van der Waals surface area (Å²) >= 11 is 0. The highest BCUT2D eigenvalue weighted by Crippen LogP contribution is 2.15. The number of aliphatic hydroxyl groups is 1. The van der Waals surface area contributed by atoms with Crippen molar-refractivity contribution in [3.63, 3.8) is 0 Å². The lowest BCUT2D eigenvalue weighted by molar-refractivity contribution is 0.0168. The number of rotatable bonds is 13. The highest BCUT2D eigenvalue weighted by molar-refractivity contribution is 4.59. The van der Waals surface area contributed by atoms with Gasteiger partial charge in [-0.05, 0) is 12.8 Å². The molecule has 0 aliphatic heterocycles. The van der Waals surface area contributed by atoms with Gasteiger partial charge >= 0.3 is 0 Å². The summed E-state index contributed by atoms with van der Waals surface area (Å²) in [6.07, 6.45) is 13.2. The summed E-state index contributed by atoms with van der Waals surface area (Å²) < 4.78 is 5.69. The standard InChI is InChI=1S/C15H32O2/c1-3-5-7-8-10-12-15(17-14-13-16)11-9-6-4-2/h15-16H,3-14H2,1-2H3. The molecule has 0 spiro atoms. The van der Waals surface area contributed by atoms with Crippen molar-refractivity contribution in [3.8, 4) is 0 Å². The molecule has 2 nitrogen and oxygen atoms in total. The van der Waals surface area contributed by atoms with Gasteiger partial charge in [-0.2, -0.15) is 0 Å². The number of aliphatic hydroxyl groups excluding tert-OH is 1. The fourth-order valence-corrected chi connectivity index (χ4v) is 2.13. The van der Waals surface area contributed by atoms with E-state index >= 15 is 0 Å². The molecule has 0 amide bonds. The van der Waals surface area contributed by atoms with E-state index in [0.717, 1.165) is 0 Å². The highest BCUT2D eigenvalue weighted by atomic mass is 16.5. The van der Waals surface area contributed by atoms with Crippen molar-refractivity contribution in [2.24, 2.45) is 0 Å². The number of unbranched alkanes of at least 4 members (excludes halogenated alkanes) is 6. The van der Waals surface area contributed by atoms with E-state index in [4.69, 9.17) is 9.84 Å². The molecule has 0 saturated heterocycles. The van der Waals surface area contributed by atoms with Crippen LogP contribution < -0.4 is 0 Å². The van der Waals surface area contributed by atoms with E-state index in [1.54, 1.807) is 0 Å². The van der Waals surface area contributed by atoms with Gasteiger partial charge in [0.2, 0.25) is 0 Å². The van der Waals surface area contributed by atoms with Gasteiger partial charge < -0.3 is 9.84 Å². The Morgan fingerprint density at radius 2 is 1.35 bits per heavy atom. The predicted molar refractivity (Wildman–Crippen MR) is 74.3 cm³/mol. The Hall–Kier alpha value is -0.0800. The predicted octanol–water partition coefficient (Wildman–Crippen LogP) is 4.30. The van der Waals surface area contributed by atoms with E-state index in [-0.39, 0.29) is 6.61 Å². The molecule has 0 fully saturated rings. The first kappa shape index (κ1) is 16.9. The first-order valence-electron chi connectivity index (χ1n) is 7.57. The van der Waals surface area contributed by atoms with Crippen LogP contribution >= 0.6 is 0 Å². The average Bonchev–Trinajstić information content (AvgIpc) is 2.35. The summed E-state index contributed by atoms with van der Waals surface area (Å²) in [5, 5.41) is 8.80. The van der Waals surface area contributed by atoms with E-state index in [0.29, 0.717) is 12.7 Å². The molecule has 0 radical (unpaired) electrons. The number of hydrogen-bond acceptors (Lipinski definition) is 2. The summed E-state index contributed by atoms with van der Waals surface area (Å²) in [6.45, 7) is 5.14. The van der Waals surface area contributed by atoms with Gasteiger partial charge in [-0.15, -0.1) is 0 Å². The Balaban J connectivity index is 3.53. The van der Waals surface area contributed by atoms with Crippen LogP contribution in [0.3, 0.4) is 0 Å². The summed E-state index contributed by atoms with van der Waals surface area (Å²) in [5.41, 5.74) is 0. The van der Waals surface area contributed by atoms with E-state index in [2.05, 4.69) is 13.8 Å². The van der Waals surface area contributed by atoms with Gasteiger partial charge in [-0.1, -0.05) is 65.2 Å². The normalized spacial score (nSPS) is 12.9. The Bertz CT molecular complexity index is 137. The zero-order valence-corrected chi connectivity index (χ0v) is 11.9. The minimum absolute atomic E-state index is 0.153. The van der Waals surface area contributed by atoms with E-state index in [1.807, 2.05) is 0 Å². The minimum Gasteiger partial charge on any atom is -0.394 e. The van der Waals surface area contributed by atoms with Gasteiger partial charge in [0.05, 0.1) is 19.3 Å². The molecule has 0 heterocycles. The van der Waals surface area contributed by atoms with Crippen molar-refractivity contribution in [2.75, 3.05) is 13.2 Å². The van der Waals surface area contributed by atoms with Gasteiger partial charge in [0.25, 0.3) is 0 Å². The molecule has 1 N–H and O–H groups in total. The molecule has 0 aliphatic rings. The first-order valence-corrected chi connectivity index (χ1v) is 7.57. The van der Waals surface area contributed by atoms with E-state index < -0.39 is 0 Å².